The first kappa shape index (κ1) is 20.7. The molecule has 10 heteroatoms. The summed E-state index contributed by atoms with van der Waals surface area (Å²) >= 11 is 1.65. The Labute approximate surface area is 178 Å². The molecule has 0 aliphatic carbocycles. The topological polar surface area (TPSA) is 114 Å². The molecule has 1 aromatic carbocycles. The average molecular weight is 448 g/mol. The van der Waals surface area contributed by atoms with Gasteiger partial charge in [-0.25, -0.2) is 13.4 Å². The second kappa shape index (κ2) is 8.29. The average Bonchev–Trinajstić information content (AvgIpc) is 3.34. The Kier molecular flexibility index (Phi) is 5.72. The highest BCUT2D eigenvalue weighted by Crippen LogP contribution is 2.35. The number of hydrogen-bond acceptors (Lipinski definition) is 8. The largest absolute Gasteiger partial charge is 0.494 e. The summed E-state index contributed by atoms with van der Waals surface area (Å²) in [6.45, 7) is 0.845. The molecule has 158 valence electrons. The molecule has 0 saturated carbocycles. The second-order valence-corrected chi connectivity index (χ2v) is 10.2. The maximum atomic E-state index is 11.6. The molecule has 0 amide bonds. The van der Waals surface area contributed by atoms with Gasteiger partial charge in [-0.1, -0.05) is 11.8 Å². The molecule has 2 N–H and O–H groups in total. The van der Waals surface area contributed by atoms with Gasteiger partial charge >= 0.3 is 0 Å². The Bertz CT molecular complexity index is 1200. The zero-order chi connectivity index (χ0) is 21.3. The number of aromatic nitrogens is 2. The standard InChI is InChI=1S/C20H21N3O5S2/c1-27-17-9-13(28-18-4-3-15(11-21-18)30(2,25)26)7-12-8-16(23-19(12)17)20-22-10-14(29-20)5-6-24/h3-4,7-9,11,14,23-24H,5-6,10H2,1-2H3. The number of thioether (sulfide) groups is 1. The van der Waals surface area contributed by atoms with Crippen LogP contribution < -0.4 is 9.47 Å². The van der Waals surface area contributed by atoms with Crippen LogP contribution >= 0.6 is 11.8 Å². The first-order valence-electron chi connectivity index (χ1n) is 9.24. The van der Waals surface area contributed by atoms with Gasteiger partial charge in [0.15, 0.2) is 9.84 Å². The first-order valence-corrected chi connectivity index (χ1v) is 12.0. The SMILES string of the molecule is COc1cc(Oc2ccc(S(C)(=O)=O)cn2)cc2cc(C3=NCC(CCO)S3)[nH]c12. The number of rotatable bonds is 7. The van der Waals surface area contributed by atoms with Gasteiger partial charge < -0.3 is 19.6 Å². The number of ether oxygens (including phenoxy) is 2. The molecule has 0 radical (unpaired) electrons. The molecule has 1 atom stereocenters. The predicted octanol–water partition coefficient (Wildman–Crippen LogP) is 3.01. The molecule has 3 heterocycles. The Hall–Kier alpha value is -2.56. The number of hydrogen-bond donors (Lipinski definition) is 2. The van der Waals surface area contributed by atoms with Gasteiger partial charge in [0, 0.05) is 41.8 Å². The fourth-order valence-electron chi connectivity index (χ4n) is 3.15. The van der Waals surface area contributed by atoms with Crippen LogP contribution in [0, 0.1) is 0 Å². The number of aliphatic hydroxyl groups excluding tert-OH is 1. The van der Waals surface area contributed by atoms with Crippen molar-refractivity contribution in [3.63, 3.8) is 0 Å². The lowest BCUT2D eigenvalue weighted by Crippen LogP contribution is -2.05. The van der Waals surface area contributed by atoms with Crippen molar-refractivity contribution in [2.24, 2.45) is 4.99 Å². The molecule has 3 aromatic rings. The number of nitrogens with one attached hydrogen (secondary N) is 1. The third-order valence-corrected chi connectivity index (χ3v) is 7.03. The summed E-state index contributed by atoms with van der Waals surface area (Å²) in [5.74, 6) is 1.41. The Morgan fingerprint density at radius 3 is 2.80 bits per heavy atom. The molecule has 0 bridgehead atoms. The monoisotopic (exact) mass is 447 g/mol. The molecule has 30 heavy (non-hydrogen) atoms. The molecule has 1 unspecified atom stereocenters. The van der Waals surface area contributed by atoms with Crippen LogP contribution in [0.1, 0.15) is 12.1 Å². The number of H-pyrrole nitrogens is 1. The number of benzene rings is 1. The molecular weight excluding hydrogens is 426 g/mol. The summed E-state index contributed by atoms with van der Waals surface area (Å²) in [5, 5.41) is 11.2. The minimum Gasteiger partial charge on any atom is -0.494 e. The van der Waals surface area contributed by atoms with E-state index in [4.69, 9.17) is 14.6 Å². The van der Waals surface area contributed by atoms with Crippen LogP contribution in [0.4, 0.5) is 0 Å². The van der Waals surface area contributed by atoms with Crippen molar-refractivity contribution in [1.82, 2.24) is 9.97 Å². The van der Waals surface area contributed by atoms with Gasteiger partial charge in [0.2, 0.25) is 5.88 Å². The van der Waals surface area contributed by atoms with Crippen LogP contribution in [0.25, 0.3) is 10.9 Å². The zero-order valence-electron chi connectivity index (χ0n) is 16.5. The predicted molar refractivity (Wildman–Crippen MR) is 117 cm³/mol. The van der Waals surface area contributed by atoms with E-state index in [2.05, 4.69) is 15.0 Å². The number of methoxy groups -OCH3 is 1. The summed E-state index contributed by atoms with van der Waals surface area (Å²) in [6.07, 6.45) is 3.11. The molecule has 4 rings (SSSR count). The van der Waals surface area contributed by atoms with Crippen molar-refractivity contribution >= 4 is 37.5 Å². The van der Waals surface area contributed by atoms with Crippen LogP contribution in [-0.2, 0) is 9.84 Å². The van der Waals surface area contributed by atoms with Crippen LogP contribution in [0.3, 0.4) is 0 Å². The van der Waals surface area contributed by atoms with Gasteiger partial charge in [-0.05, 0) is 24.6 Å². The number of sulfone groups is 1. The number of aromatic amines is 1. The number of pyridine rings is 1. The van der Waals surface area contributed by atoms with Crippen LogP contribution in [0.2, 0.25) is 0 Å². The van der Waals surface area contributed by atoms with E-state index < -0.39 is 9.84 Å². The Morgan fingerprint density at radius 2 is 2.13 bits per heavy atom. The Morgan fingerprint density at radius 1 is 1.30 bits per heavy atom. The molecule has 0 spiro atoms. The normalized spacial score (nSPS) is 16.6. The van der Waals surface area contributed by atoms with Crippen molar-refractivity contribution < 1.29 is 23.0 Å². The van der Waals surface area contributed by atoms with E-state index in [0.29, 0.717) is 24.5 Å². The smallest absolute Gasteiger partial charge is 0.219 e. The minimum atomic E-state index is -3.31. The molecule has 0 saturated heterocycles. The maximum Gasteiger partial charge on any atom is 0.219 e. The number of aliphatic imine (C=N–C) groups is 1. The van der Waals surface area contributed by atoms with Crippen molar-refractivity contribution in [2.75, 3.05) is 26.5 Å². The van der Waals surface area contributed by atoms with Gasteiger partial charge in [-0.2, -0.15) is 0 Å². The van der Waals surface area contributed by atoms with Crippen LogP contribution in [-0.4, -0.2) is 60.3 Å². The van der Waals surface area contributed by atoms with E-state index in [1.807, 2.05) is 12.1 Å². The van der Waals surface area contributed by atoms with Gasteiger partial charge in [-0.15, -0.1) is 0 Å². The molecule has 1 aliphatic rings. The van der Waals surface area contributed by atoms with Gasteiger partial charge in [0.1, 0.15) is 16.5 Å². The molecular formula is C20H21N3O5S2. The van der Waals surface area contributed by atoms with Crippen molar-refractivity contribution in [3.8, 4) is 17.4 Å². The third-order valence-electron chi connectivity index (χ3n) is 4.64. The summed E-state index contributed by atoms with van der Waals surface area (Å²) in [6, 6.07) is 8.56. The van der Waals surface area contributed by atoms with E-state index in [1.54, 1.807) is 24.9 Å². The second-order valence-electron chi connectivity index (χ2n) is 6.88. The van der Waals surface area contributed by atoms with Gasteiger partial charge in [-0.3, -0.25) is 4.99 Å². The molecule has 8 nitrogen and oxygen atoms in total. The van der Waals surface area contributed by atoms with Gasteiger partial charge in [0.05, 0.1) is 29.8 Å². The van der Waals surface area contributed by atoms with Crippen LogP contribution in [0.5, 0.6) is 17.4 Å². The van der Waals surface area contributed by atoms with Crippen molar-refractivity contribution in [1.29, 1.82) is 0 Å². The fourth-order valence-corrected chi connectivity index (χ4v) is 4.78. The van der Waals surface area contributed by atoms with Crippen molar-refractivity contribution in [2.45, 2.75) is 16.6 Å². The minimum absolute atomic E-state index is 0.132. The van der Waals surface area contributed by atoms with Gasteiger partial charge in [0.25, 0.3) is 0 Å². The fraction of sp³-hybridized carbons (Fsp3) is 0.300. The van der Waals surface area contributed by atoms with Crippen molar-refractivity contribution in [3.05, 3.63) is 42.2 Å². The summed E-state index contributed by atoms with van der Waals surface area (Å²) in [5.41, 5.74) is 1.72. The van der Waals surface area contributed by atoms with E-state index in [1.165, 1.54) is 18.3 Å². The summed E-state index contributed by atoms with van der Waals surface area (Å²) in [7, 11) is -1.73. The third kappa shape index (κ3) is 4.30. The molecule has 2 aromatic heterocycles. The zero-order valence-corrected chi connectivity index (χ0v) is 18.1. The highest BCUT2D eigenvalue weighted by Gasteiger charge is 2.22. The van der Waals surface area contributed by atoms with E-state index in [9.17, 15) is 8.42 Å². The number of fused-ring (bicyclic) bond motifs is 1. The number of nitrogens with zero attached hydrogens (tertiary/aromatic N) is 2. The van der Waals surface area contributed by atoms with Crippen LogP contribution in [0.15, 0.2) is 46.4 Å². The summed E-state index contributed by atoms with van der Waals surface area (Å²) < 4.78 is 34.5. The Balaban J connectivity index is 1.61. The quantitative estimate of drug-likeness (QED) is 0.572. The molecule has 0 fully saturated rings. The lowest BCUT2D eigenvalue weighted by molar-refractivity contribution is 0.288. The first-order chi connectivity index (χ1) is 14.4. The maximum absolute atomic E-state index is 11.6. The lowest BCUT2D eigenvalue weighted by Gasteiger charge is -2.08. The highest BCUT2D eigenvalue weighted by molar-refractivity contribution is 8.15. The lowest BCUT2D eigenvalue weighted by atomic mass is 10.2. The van der Waals surface area contributed by atoms with E-state index in [0.717, 1.165) is 27.9 Å². The summed E-state index contributed by atoms with van der Waals surface area (Å²) in [4.78, 5) is 12.1. The number of aliphatic hydroxyl groups is 1. The highest BCUT2D eigenvalue weighted by atomic mass is 32.2. The van der Waals surface area contributed by atoms with E-state index in [-0.39, 0.29) is 22.6 Å². The molecule has 1 aliphatic heterocycles. The van der Waals surface area contributed by atoms with E-state index >= 15 is 0 Å².